The predicted molar refractivity (Wildman–Crippen MR) is 77.7 cm³/mol. The van der Waals surface area contributed by atoms with Gasteiger partial charge in [-0.05, 0) is 32.5 Å². The molecule has 1 aromatic carbocycles. The fourth-order valence-corrected chi connectivity index (χ4v) is 2.73. The van der Waals surface area contributed by atoms with Gasteiger partial charge in [0.1, 0.15) is 0 Å². The first-order valence-electron chi connectivity index (χ1n) is 7.04. The second-order valence-electron chi connectivity index (χ2n) is 5.59. The number of hydrogen-bond acceptors (Lipinski definition) is 3. The standard InChI is InChI=1S/C16H23N3/c1-14-4-6-15(7-5-14)12-19-11-3-10-18(2)13-16(19)8-9-17/h4-7,16H,3,8,10-13H2,1-2H3. The van der Waals surface area contributed by atoms with Crippen LogP contribution in [-0.2, 0) is 6.54 Å². The van der Waals surface area contributed by atoms with Crippen LogP contribution in [0.5, 0.6) is 0 Å². The SMILES string of the molecule is Cc1ccc(CN2CCCN(C)CC2CC#N)cc1. The van der Waals surface area contributed by atoms with Crippen molar-refractivity contribution in [3.8, 4) is 6.07 Å². The van der Waals surface area contributed by atoms with E-state index in [2.05, 4.69) is 54.1 Å². The van der Waals surface area contributed by atoms with Crippen molar-refractivity contribution >= 4 is 0 Å². The lowest BCUT2D eigenvalue weighted by atomic mass is 10.1. The summed E-state index contributed by atoms with van der Waals surface area (Å²) in [5.74, 6) is 0. The Morgan fingerprint density at radius 3 is 2.68 bits per heavy atom. The van der Waals surface area contributed by atoms with Gasteiger partial charge in [0.2, 0.25) is 0 Å². The molecule has 0 aliphatic carbocycles. The first-order chi connectivity index (χ1) is 9.19. The van der Waals surface area contributed by atoms with Crippen LogP contribution in [0.25, 0.3) is 0 Å². The van der Waals surface area contributed by atoms with Gasteiger partial charge in [-0.15, -0.1) is 0 Å². The van der Waals surface area contributed by atoms with Gasteiger partial charge in [-0.1, -0.05) is 29.8 Å². The van der Waals surface area contributed by atoms with E-state index in [0.29, 0.717) is 12.5 Å². The number of hydrogen-bond donors (Lipinski definition) is 0. The lowest BCUT2D eigenvalue weighted by molar-refractivity contribution is 0.183. The lowest BCUT2D eigenvalue weighted by Crippen LogP contribution is -2.39. The van der Waals surface area contributed by atoms with Crippen LogP contribution in [0.3, 0.4) is 0 Å². The third-order valence-electron chi connectivity index (χ3n) is 3.86. The van der Waals surface area contributed by atoms with Crippen LogP contribution in [-0.4, -0.2) is 42.5 Å². The summed E-state index contributed by atoms with van der Waals surface area (Å²) >= 11 is 0. The molecule has 0 saturated carbocycles. The number of nitriles is 1. The van der Waals surface area contributed by atoms with Gasteiger partial charge in [-0.2, -0.15) is 5.26 Å². The van der Waals surface area contributed by atoms with Gasteiger partial charge in [0, 0.05) is 25.7 Å². The Hall–Kier alpha value is -1.37. The molecular formula is C16H23N3. The second-order valence-corrected chi connectivity index (χ2v) is 5.59. The quantitative estimate of drug-likeness (QED) is 0.833. The van der Waals surface area contributed by atoms with Gasteiger partial charge in [0.05, 0.1) is 12.5 Å². The zero-order valence-corrected chi connectivity index (χ0v) is 12.0. The maximum Gasteiger partial charge on any atom is 0.0638 e. The lowest BCUT2D eigenvalue weighted by Gasteiger charge is -2.29. The van der Waals surface area contributed by atoms with Gasteiger partial charge in [0.15, 0.2) is 0 Å². The van der Waals surface area contributed by atoms with Crippen LogP contribution < -0.4 is 0 Å². The molecule has 2 rings (SSSR count). The summed E-state index contributed by atoms with van der Waals surface area (Å²) in [5.41, 5.74) is 2.64. The maximum atomic E-state index is 9.02. The summed E-state index contributed by atoms with van der Waals surface area (Å²) in [6, 6.07) is 11.4. The van der Waals surface area contributed by atoms with Crippen molar-refractivity contribution in [3.63, 3.8) is 0 Å². The van der Waals surface area contributed by atoms with Gasteiger partial charge in [-0.25, -0.2) is 0 Å². The van der Waals surface area contributed by atoms with Crippen LogP contribution in [0.4, 0.5) is 0 Å². The molecule has 3 heteroatoms. The van der Waals surface area contributed by atoms with E-state index in [1.165, 1.54) is 17.5 Å². The number of aryl methyl sites for hydroxylation is 1. The molecule has 1 aliphatic heterocycles. The van der Waals surface area contributed by atoms with Crippen molar-refractivity contribution in [2.24, 2.45) is 0 Å². The minimum absolute atomic E-state index is 0.360. The molecule has 0 amide bonds. The van der Waals surface area contributed by atoms with Gasteiger partial charge in [-0.3, -0.25) is 4.90 Å². The Morgan fingerprint density at radius 1 is 1.26 bits per heavy atom. The zero-order chi connectivity index (χ0) is 13.7. The molecule has 0 aromatic heterocycles. The highest BCUT2D eigenvalue weighted by Gasteiger charge is 2.23. The minimum Gasteiger partial charge on any atom is -0.305 e. The molecule has 0 spiro atoms. The highest BCUT2D eigenvalue weighted by molar-refractivity contribution is 5.21. The molecule has 102 valence electrons. The first kappa shape index (κ1) is 14.0. The van der Waals surface area contributed by atoms with Crippen molar-refractivity contribution in [2.75, 3.05) is 26.7 Å². The zero-order valence-electron chi connectivity index (χ0n) is 12.0. The van der Waals surface area contributed by atoms with Crippen molar-refractivity contribution in [2.45, 2.75) is 32.4 Å². The average molecular weight is 257 g/mol. The Balaban J connectivity index is 2.06. The molecule has 1 saturated heterocycles. The molecule has 1 heterocycles. The van der Waals surface area contributed by atoms with E-state index in [1.54, 1.807) is 0 Å². The molecule has 0 radical (unpaired) electrons. The summed E-state index contributed by atoms with van der Waals surface area (Å²) in [6.07, 6.45) is 1.81. The van der Waals surface area contributed by atoms with E-state index >= 15 is 0 Å². The van der Waals surface area contributed by atoms with Crippen LogP contribution in [0, 0.1) is 18.3 Å². The van der Waals surface area contributed by atoms with E-state index < -0.39 is 0 Å². The van der Waals surface area contributed by atoms with Crippen LogP contribution in [0.1, 0.15) is 24.0 Å². The maximum absolute atomic E-state index is 9.02. The molecule has 0 bridgehead atoms. The van der Waals surface area contributed by atoms with Crippen molar-refractivity contribution < 1.29 is 0 Å². The minimum atomic E-state index is 0.360. The fourth-order valence-electron chi connectivity index (χ4n) is 2.73. The van der Waals surface area contributed by atoms with Crippen LogP contribution in [0.2, 0.25) is 0 Å². The summed E-state index contributed by atoms with van der Waals surface area (Å²) in [5, 5.41) is 9.02. The third-order valence-corrected chi connectivity index (χ3v) is 3.86. The molecule has 1 aliphatic rings. The average Bonchev–Trinajstić information content (AvgIpc) is 2.55. The normalized spacial score (nSPS) is 21.8. The first-order valence-corrected chi connectivity index (χ1v) is 7.04. The van der Waals surface area contributed by atoms with Gasteiger partial charge < -0.3 is 4.90 Å². The topological polar surface area (TPSA) is 30.3 Å². The van der Waals surface area contributed by atoms with E-state index in [-0.39, 0.29) is 0 Å². The molecule has 1 atom stereocenters. The van der Waals surface area contributed by atoms with Crippen molar-refractivity contribution in [3.05, 3.63) is 35.4 Å². The third kappa shape index (κ3) is 4.05. The molecule has 19 heavy (non-hydrogen) atoms. The molecule has 0 N–H and O–H groups in total. The molecule has 1 fully saturated rings. The summed E-state index contributed by atoms with van der Waals surface area (Å²) < 4.78 is 0. The van der Waals surface area contributed by atoms with Crippen LogP contribution >= 0.6 is 0 Å². The molecular weight excluding hydrogens is 234 g/mol. The molecule has 1 unspecified atom stereocenters. The second kappa shape index (κ2) is 6.70. The Bertz CT molecular complexity index is 432. The molecule has 1 aromatic rings. The van der Waals surface area contributed by atoms with Crippen LogP contribution in [0.15, 0.2) is 24.3 Å². The van der Waals surface area contributed by atoms with Crippen molar-refractivity contribution in [1.29, 1.82) is 5.26 Å². The number of rotatable bonds is 3. The predicted octanol–water partition coefficient (Wildman–Crippen LogP) is 2.41. The highest BCUT2D eigenvalue weighted by atomic mass is 15.2. The van der Waals surface area contributed by atoms with E-state index in [1.807, 2.05) is 0 Å². The Morgan fingerprint density at radius 2 is 2.00 bits per heavy atom. The summed E-state index contributed by atoms with van der Waals surface area (Å²) in [4.78, 5) is 4.81. The van der Waals surface area contributed by atoms with Gasteiger partial charge in [0.25, 0.3) is 0 Å². The monoisotopic (exact) mass is 257 g/mol. The molecule has 3 nitrogen and oxygen atoms in total. The number of likely N-dealkylation sites (N-methyl/N-ethyl adjacent to an activating group) is 1. The van der Waals surface area contributed by atoms with E-state index in [9.17, 15) is 0 Å². The Labute approximate surface area is 116 Å². The van der Waals surface area contributed by atoms with Gasteiger partial charge >= 0.3 is 0 Å². The largest absolute Gasteiger partial charge is 0.305 e. The Kier molecular flexibility index (Phi) is 4.95. The fraction of sp³-hybridized carbons (Fsp3) is 0.562. The smallest absolute Gasteiger partial charge is 0.0638 e. The van der Waals surface area contributed by atoms with E-state index in [4.69, 9.17) is 5.26 Å². The van der Waals surface area contributed by atoms with Crippen molar-refractivity contribution in [1.82, 2.24) is 9.80 Å². The number of nitrogens with zero attached hydrogens (tertiary/aromatic N) is 3. The van der Waals surface area contributed by atoms with E-state index in [0.717, 1.165) is 26.2 Å². The summed E-state index contributed by atoms with van der Waals surface area (Å²) in [7, 11) is 2.15. The summed E-state index contributed by atoms with van der Waals surface area (Å²) in [6.45, 7) is 6.29. The number of benzene rings is 1. The highest BCUT2D eigenvalue weighted by Crippen LogP contribution is 2.16.